The van der Waals surface area contributed by atoms with Gasteiger partial charge in [-0.15, -0.1) is 0 Å². The fourth-order valence-corrected chi connectivity index (χ4v) is 1.23. The number of alkyl halides is 1. The summed E-state index contributed by atoms with van der Waals surface area (Å²) in [7, 11) is 1.52. The van der Waals surface area contributed by atoms with E-state index in [9.17, 15) is 4.79 Å². The second-order valence-electron chi connectivity index (χ2n) is 3.10. The highest BCUT2D eigenvalue weighted by molar-refractivity contribution is 9.09. The minimum absolute atomic E-state index is 0.0790. The number of aromatic nitrogens is 1. The lowest BCUT2D eigenvalue weighted by molar-refractivity contribution is 0.0940. The first-order chi connectivity index (χ1) is 7.19. The number of rotatable bonds is 4. The number of amides is 1. The molecule has 0 bridgehead atoms. The quantitative estimate of drug-likeness (QED) is 0.848. The lowest BCUT2D eigenvalue weighted by atomic mass is 10.2. The molecule has 82 valence electrons. The van der Waals surface area contributed by atoms with Gasteiger partial charge in [-0.1, -0.05) is 15.9 Å². The third-order valence-corrected chi connectivity index (χ3v) is 2.83. The summed E-state index contributed by atoms with van der Waals surface area (Å²) in [5.74, 6) is 0.331. The Morgan fingerprint density at radius 3 is 3.07 bits per heavy atom. The molecular formula is C10H13BrN2O2. The van der Waals surface area contributed by atoms with Gasteiger partial charge < -0.3 is 10.1 Å². The van der Waals surface area contributed by atoms with Crippen molar-refractivity contribution < 1.29 is 9.53 Å². The topological polar surface area (TPSA) is 51.2 Å². The molecule has 0 aliphatic rings. The smallest absolute Gasteiger partial charge is 0.255 e. The normalized spacial score (nSPS) is 11.9. The maximum Gasteiger partial charge on any atom is 0.255 e. The number of hydrogen-bond acceptors (Lipinski definition) is 3. The molecule has 0 aliphatic heterocycles. The largest absolute Gasteiger partial charge is 0.494 e. The molecule has 0 spiro atoms. The Balaban J connectivity index is 2.81. The lowest BCUT2D eigenvalue weighted by Gasteiger charge is -2.12. The summed E-state index contributed by atoms with van der Waals surface area (Å²) in [5.41, 5.74) is 0.500. The zero-order chi connectivity index (χ0) is 11.3. The summed E-state index contributed by atoms with van der Waals surface area (Å²) < 4.78 is 5.05. The van der Waals surface area contributed by atoms with Crippen LogP contribution >= 0.6 is 15.9 Å². The van der Waals surface area contributed by atoms with E-state index >= 15 is 0 Å². The Bertz CT molecular complexity index is 344. The maximum absolute atomic E-state index is 11.8. The van der Waals surface area contributed by atoms with Gasteiger partial charge >= 0.3 is 0 Å². The summed E-state index contributed by atoms with van der Waals surface area (Å²) in [6, 6.07) is 1.71. The van der Waals surface area contributed by atoms with Crippen LogP contribution in [0.3, 0.4) is 0 Å². The molecule has 4 nitrogen and oxygen atoms in total. The zero-order valence-corrected chi connectivity index (χ0v) is 10.2. The van der Waals surface area contributed by atoms with Gasteiger partial charge in [-0.2, -0.15) is 0 Å². The van der Waals surface area contributed by atoms with E-state index in [0.29, 0.717) is 16.6 Å². The fourth-order valence-electron chi connectivity index (χ4n) is 1.07. The summed E-state index contributed by atoms with van der Waals surface area (Å²) in [6.07, 6.45) is 3.09. The Kier molecular flexibility index (Phi) is 4.55. The van der Waals surface area contributed by atoms with Crippen molar-refractivity contribution in [1.82, 2.24) is 10.3 Å². The molecular weight excluding hydrogens is 260 g/mol. The second-order valence-corrected chi connectivity index (χ2v) is 3.75. The molecule has 15 heavy (non-hydrogen) atoms. The van der Waals surface area contributed by atoms with Crippen LogP contribution in [0.5, 0.6) is 5.75 Å². The Morgan fingerprint density at radius 1 is 1.73 bits per heavy atom. The fraction of sp³-hybridized carbons (Fsp3) is 0.400. The monoisotopic (exact) mass is 272 g/mol. The highest BCUT2D eigenvalue weighted by atomic mass is 79.9. The molecule has 1 rings (SSSR count). The first-order valence-electron chi connectivity index (χ1n) is 4.54. The Labute approximate surface area is 97.2 Å². The number of nitrogens with zero attached hydrogens (tertiary/aromatic N) is 1. The van der Waals surface area contributed by atoms with E-state index in [1.54, 1.807) is 12.3 Å². The van der Waals surface area contributed by atoms with E-state index < -0.39 is 0 Å². The Hall–Kier alpha value is -1.10. The number of halogens is 1. The van der Waals surface area contributed by atoms with Crippen molar-refractivity contribution in [2.24, 2.45) is 0 Å². The van der Waals surface area contributed by atoms with Crippen molar-refractivity contribution in [2.75, 3.05) is 12.4 Å². The van der Waals surface area contributed by atoms with Gasteiger partial charge in [0.05, 0.1) is 18.9 Å². The predicted molar refractivity (Wildman–Crippen MR) is 61.5 cm³/mol. The molecule has 0 aromatic carbocycles. The molecule has 0 aliphatic carbocycles. The van der Waals surface area contributed by atoms with Gasteiger partial charge in [0.2, 0.25) is 0 Å². The molecule has 1 heterocycles. The molecule has 1 atom stereocenters. The molecule has 0 saturated heterocycles. The van der Waals surface area contributed by atoms with Gasteiger partial charge in [-0.3, -0.25) is 9.78 Å². The number of hydrogen-bond donors (Lipinski definition) is 1. The van der Waals surface area contributed by atoms with Gasteiger partial charge in [0, 0.05) is 17.6 Å². The van der Waals surface area contributed by atoms with Crippen molar-refractivity contribution in [3.05, 3.63) is 24.0 Å². The van der Waals surface area contributed by atoms with Gasteiger partial charge in [0.15, 0.2) is 0 Å². The summed E-state index contributed by atoms with van der Waals surface area (Å²) >= 11 is 3.29. The van der Waals surface area contributed by atoms with Crippen LogP contribution in [0.15, 0.2) is 18.5 Å². The molecule has 0 saturated carbocycles. The van der Waals surface area contributed by atoms with Crippen molar-refractivity contribution in [1.29, 1.82) is 0 Å². The highest BCUT2D eigenvalue weighted by Gasteiger charge is 2.13. The predicted octanol–water partition coefficient (Wildman–Crippen LogP) is 1.60. The SMILES string of the molecule is COc1cnccc1C(=O)NC(C)CBr. The number of nitrogens with one attached hydrogen (secondary N) is 1. The van der Waals surface area contributed by atoms with Crippen molar-refractivity contribution in [3.63, 3.8) is 0 Å². The standard InChI is InChI=1S/C10H13BrN2O2/c1-7(5-11)13-10(14)8-3-4-12-6-9(8)15-2/h3-4,6-7H,5H2,1-2H3,(H,13,14). The summed E-state index contributed by atoms with van der Waals surface area (Å²) in [5, 5.41) is 3.54. The van der Waals surface area contributed by atoms with E-state index in [4.69, 9.17) is 4.74 Å². The lowest BCUT2D eigenvalue weighted by Crippen LogP contribution is -2.33. The van der Waals surface area contributed by atoms with Crippen LogP contribution in [0.2, 0.25) is 0 Å². The van der Waals surface area contributed by atoms with Gasteiger partial charge in [-0.25, -0.2) is 0 Å². The molecule has 1 amide bonds. The minimum atomic E-state index is -0.152. The first-order valence-corrected chi connectivity index (χ1v) is 5.66. The van der Waals surface area contributed by atoms with Crippen molar-refractivity contribution in [3.8, 4) is 5.75 Å². The summed E-state index contributed by atoms with van der Waals surface area (Å²) in [6.45, 7) is 1.92. The van der Waals surface area contributed by atoms with Crippen LogP contribution in [0, 0.1) is 0 Å². The van der Waals surface area contributed by atoms with Crippen LogP contribution in [0.25, 0.3) is 0 Å². The molecule has 5 heteroatoms. The molecule has 1 N–H and O–H groups in total. The average molecular weight is 273 g/mol. The first kappa shape index (κ1) is 12.0. The molecule has 1 aromatic rings. The summed E-state index contributed by atoms with van der Waals surface area (Å²) in [4.78, 5) is 15.6. The van der Waals surface area contributed by atoms with Crippen LogP contribution in [-0.2, 0) is 0 Å². The van der Waals surface area contributed by atoms with Crippen LogP contribution < -0.4 is 10.1 Å². The van der Waals surface area contributed by atoms with Gasteiger partial charge in [0.25, 0.3) is 5.91 Å². The Morgan fingerprint density at radius 2 is 2.47 bits per heavy atom. The third kappa shape index (κ3) is 3.20. The minimum Gasteiger partial charge on any atom is -0.494 e. The molecule has 0 radical (unpaired) electrons. The van der Waals surface area contributed by atoms with Gasteiger partial charge in [0.1, 0.15) is 5.75 Å². The molecule has 1 unspecified atom stereocenters. The van der Waals surface area contributed by atoms with Crippen LogP contribution in [0.1, 0.15) is 17.3 Å². The van der Waals surface area contributed by atoms with E-state index in [-0.39, 0.29) is 11.9 Å². The number of methoxy groups -OCH3 is 1. The van der Waals surface area contributed by atoms with Crippen molar-refractivity contribution in [2.45, 2.75) is 13.0 Å². The van der Waals surface area contributed by atoms with E-state index in [2.05, 4.69) is 26.2 Å². The third-order valence-electron chi connectivity index (χ3n) is 1.86. The maximum atomic E-state index is 11.8. The number of carbonyl (C=O) groups is 1. The molecule has 1 aromatic heterocycles. The van der Waals surface area contributed by atoms with Gasteiger partial charge in [-0.05, 0) is 13.0 Å². The number of pyridine rings is 1. The van der Waals surface area contributed by atoms with E-state index in [1.807, 2.05) is 6.92 Å². The van der Waals surface area contributed by atoms with E-state index in [0.717, 1.165) is 0 Å². The zero-order valence-electron chi connectivity index (χ0n) is 8.66. The van der Waals surface area contributed by atoms with Crippen LogP contribution in [-0.4, -0.2) is 29.4 Å². The highest BCUT2D eigenvalue weighted by Crippen LogP contribution is 2.15. The number of carbonyl (C=O) groups excluding carboxylic acids is 1. The van der Waals surface area contributed by atoms with E-state index in [1.165, 1.54) is 13.3 Å². The molecule has 0 fully saturated rings. The average Bonchev–Trinajstić information content (AvgIpc) is 2.28. The second kappa shape index (κ2) is 5.70. The van der Waals surface area contributed by atoms with Crippen LogP contribution in [0.4, 0.5) is 0 Å². The van der Waals surface area contributed by atoms with Crippen molar-refractivity contribution >= 4 is 21.8 Å². The number of ether oxygens (including phenoxy) is 1.